The fourth-order valence-corrected chi connectivity index (χ4v) is 1.15. The number of nitrogens with zero attached hydrogens (tertiary/aromatic N) is 1. The smallest absolute Gasteiger partial charge is 0.0715 e. The summed E-state index contributed by atoms with van der Waals surface area (Å²) in [6.45, 7) is 5.46. The first-order valence-corrected chi connectivity index (χ1v) is 3.37. The minimum Gasteiger partial charge on any atom is -0.391 e. The molecule has 0 aliphatic carbocycles. The van der Waals surface area contributed by atoms with Crippen molar-refractivity contribution in [2.45, 2.75) is 18.9 Å². The molecule has 1 heterocycles. The van der Waals surface area contributed by atoms with Gasteiger partial charge in [-0.3, -0.25) is 0 Å². The monoisotopic (exact) mass is 127 g/mol. The van der Waals surface area contributed by atoms with Crippen LogP contribution in [0.5, 0.6) is 0 Å². The van der Waals surface area contributed by atoms with Crippen molar-refractivity contribution in [3.63, 3.8) is 0 Å². The Morgan fingerprint density at radius 1 is 1.67 bits per heavy atom. The largest absolute Gasteiger partial charge is 0.391 e. The molecule has 0 saturated carbocycles. The lowest BCUT2D eigenvalue weighted by molar-refractivity contribution is 0.0943. The van der Waals surface area contributed by atoms with Crippen molar-refractivity contribution in [1.82, 2.24) is 4.90 Å². The third kappa shape index (κ3) is 1.72. The highest BCUT2D eigenvalue weighted by molar-refractivity contribution is 4.78. The van der Waals surface area contributed by atoms with E-state index in [0.717, 1.165) is 25.9 Å². The third-order valence-corrected chi connectivity index (χ3v) is 1.69. The Morgan fingerprint density at radius 3 is 2.89 bits per heavy atom. The Morgan fingerprint density at radius 2 is 2.44 bits per heavy atom. The van der Waals surface area contributed by atoms with Crippen LogP contribution in [-0.2, 0) is 0 Å². The SMILES string of the molecule is C=CN1CCC[C@@H](O)C1. The van der Waals surface area contributed by atoms with Crippen LogP contribution in [0.25, 0.3) is 0 Å². The van der Waals surface area contributed by atoms with Crippen molar-refractivity contribution in [2.24, 2.45) is 0 Å². The maximum Gasteiger partial charge on any atom is 0.0715 e. The molecule has 1 aliphatic rings. The van der Waals surface area contributed by atoms with Crippen LogP contribution in [0.4, 0.5) is 0 Å². The number of aliphatic hydroxyl groups is 1. The van der Waals surface area contributed by atoms with E-state index >= 15 is 0 Å². The molecule has 1 saturated heterocycles. The molecule has 9 heavy (non-hydrogen) atoms. The van der Waals surface area contributed by atoms with Gasteiger partial charge in [-0.1, -0.05) is 6.58 Å². The highest BCUT2D eigenvalue weighted by atomic mass is 16.3. The zero-order valence-electron chi connectivity index (χ0n) is 5.58. The number of β-amino-alcohol motifs (C(OH)–C–C–N with tert-alkyl or cyclic N) is 1. The molecule has 0 bridgehead atoms. The van der Waals surface area contributed by atoms with Gasteiger partial charge in [0, 0.05) is 13.1 Å². The van der Waals surface area contributed by atoms with E-state index in [1.807, 2.05) is 4.90 Å². The number of hydrogen-bond donors (Lipinski definition) is 1. The second-order valence-corrected chi connectivity index (χ2v) is 2.47. The summed E-state index contributed by atoms with van der Waals surface area (Å²) >= 11 is 0. The molecule has 1 aliphatic heterocycles. The fraction of sp³-hybridized carbons (Fsp3) is 0.714. The molecular weight excluding hydrogens is 114 g/mol. The van der Waals surface area contributed by atoms with Gasteiger partial charge in [-0.15, -0.1) is 0 Å². The van der Waals surface area contributed by atoms with E-state index in [4.69, 9.17) is 5.11 Å². The molecular formula is C7H13NO. The Hall–Kier alpha value is -0.500. The molecule has 0 aromatic heterocycles. The van der Waals surface area contributed by atoms with Crippen molar-refractivity contribution in [3.8, 4) is 0 Å². The first-order valence-electron chi connectivity index (χ1n) is 3.37. The summed E-state index contributed by atoms with van der Waals surface area (Å²) in [5.41, 5.74) is 0. The molecule has 0 radical (unpaired) electrons. The van der Waals surface area contributed by atoms with Gasteiger partial charge in [0.25, 0.3) is 0 Å². The highest BCUT2D eigenvalue weighted by Gasteiger charge is 2.13. The number of aliphatic hydroxyl groups excluding tert-OH is 1. The van der Waals surface area contributed by atoms with Crippen LogP contribution in [0, 0.1) is 0 Å². The van der Waals surface area contributed by atoms with Gasteiger partial charge in [-0.2, -0.15) is 0 Å². The molecule has 2 heteroatoms. The lowest BCUT2D eigenvalue weighted by Crippen LogP contribution is -2.34. The van der Waals surface area contributed by atoms with E-state index in [2.05, 4.69) is 6.58 Å². The van der Waals surface area contributed by atoms with Gasteiger partial charge < -0.3 is 10.0 Å². The van der Waals surface area contributed by atoms with Crippen LogP contribution in [0.15, 0.2) is 12.8 Å². The van der Waals surface area contributed by atoms with E-state index in [1.54, 1.807) is 6.20 Å². The zero-order chi connectivity index (χ0) is 6.69. The van der Waals surface area contributed by atoms with Crippen LogP contribution < -0.4 is 0 Å². The first-order chi connectivity index (χ1) is 4.33. The fourth-order valence-electron chi connectivity index (χ4n) is 1.15. The summed E-state index contributed by atoms with van der Waals surface area (Å²) in [6, 6.07) is 0. The summed E-state index contributed by atoms with van der Waals surface area (Å²) in [5.74, 6) is 0. The lowest BCUT2D eigenvalue weighted by Gasteiger charge is -2.28. The quantitative estimate of drug-likeness (QED) is 0.557. The second-order valence-electron chi connectivity index (χ2n) is 2.47. The molecule has 1 fully saturated rings. The third-order valence-electron chi connectivity index (χ3n) is 1.69. The van der Waals surface area contributed by atoms with E-state index in [1.165, 1.54) is 0 Å². The number of hydrogen-bond acceptors (Lipinski definition) is 2. The molecule has 52 valence electrons. The maximum absolute atomic E-state index is 9.12. The summed E-state index contributed by atoms with van der Waals surface area (Å²) in [6.07, 6.45) is 3.71. The van der Waals surface area contributed by atoms with Gasteiger partial charge in [0.05, 0.1) is 6.10 Å². The van der Waals surface area contributed by atoms with Gasteiger partial charge >= 0.3 is 0 Å². The number of likely N-dealkylation sites (tertiary alicyclic amines) is 1. The lowest BCUT2D eigenvalue weighted by atomic mass is 10.1. The zero-order valence-corrected chi connectivity index (χ0v) is 5.58. The normalized spacial score (nSPS) is 28.1. The molecule has 1 N–H and O–H groups in total. The molecule has 0 unspecified atom stereocenters. The molecule has 0 amide bonds. The average molecular weight is 127 g/mol. The van der Waals surface area contributed by atoms with Gasteiger partial charge in [0.15, 0.2) is 0 Å². The Bertz CT molecular complexity index is 103. The Kier molecular flexibility index (Phi) is 2.11. The molecule has 2 nitrogen and oxygen atoms in total. The van der Waals surface area contributed by atoms with Gasteiger partial charge in [0.2, 0.25) is 0 Å². The van der Waals surface area contributed by atoms with Crippen LogP contribution in [0.1, 0.15) is 12.8 Å². The van der Waals surface area contributed by atoms with Crippen molar-refractivity contribution >= 4 is 0 Å². The molecule has 1 atom stereocenters. The van der Waals surface area contributed by atoms with Crippen molar-refractivity contribution in [2.75, 3.05) is 13.1 Å². The molecule has 0 aromatic carbocycles. The number of piperidine rings is 1. The summed E-state index contributed by atoms with van der Waals surface area (Å²) in [5, 5.41) is 9.12. The molecule has 0 spiro atoms. The molecule has 1 rings (SSSR count). The minimum absolute atomic E-state index is 0.128. The van der Waals surface area contributed by atoms with Gasteiger partial charge in [0.1, 0.15) is 0 Å². The summed E-state index contributed by atoms with van der Waals surface area (Å²) in [4.78, 5) is 2.05. The number of rotatable bonds is 1. The van der Waals surface area contributed by atoms with E-state index < -0.39 is 0 Å². The second kappa shape index (κ2) is 2.87. The van der Waals surface area contributed by atoms with E-state index in [-0.39, 0.29) is 6.10 Å². The van der Waals surface area contributed by atoms with Crippen molar-refractivity contribution < 1.29 is 5.11 Å². The predicted molar refractivity (Wildman–Crippen MR) is 37.0 cm³/mol. The predicted octanol–water partition coefficient (Wildman–Crippen LogP) is 0.587. The van der Waals surface area contributed by atoms with Crippen LogP contribution in [-0.4, -0.2) is 29.2 Å². The summed E-state index contributed by atoms with van der Waals surface area (Å²) in [7, 11) is 0. The topological polar surface area (TPSA) is 23.5 Å². The highest BCUT2D eigenvalue weighted by Crippen LogP contribution is 2.08. The van der Waals surface area contributed by atoms with Crippen LogP contribution in [0.3, 0.4) is 0 Å². The maximum atomic E-state index is 9.12. The van der Waals surface area contributed by atoms with E-state index in [0.29, 0.717) is 0 Å². The molecule has 0 aromatic rings. The van der Waals surface area contributed by atoms with Gasteiger partial charge in [-0.05, 0) is 19.0 Å². The standard InChI is InChI=1S/C7H13NO/c1-2-8-5-3-4-7(9)6-8/h2,7,9H,1,3-6H2/t7-/m1/s1. The van der Waals surface area contributed by atoms with Crippen molar-refractivity contribution in [3.05, 3.63) is 12.8 Å². The van der Waals surface area contributed by atoms with Crippen molar-refractivity contribution in [1.29, 1.82) is 0 Å². The Labute approximate surface area is 55.8 Å². The van der Waals surface area contributed by atoms with Crippen LogP contribution in [0.2, 0.25) is 0 Å². The minimum atomic E-state index is -0.128. The average Bonchev–Trinajstić information content (AvgIpc) is 1.88. The summed E-state index contributed by atoms with van der Waals surface area (Å²) < 4.78 is 0. The first kappa shape index (κ1) is 6.62. The Balaban J connectivity index is 2.31. The van der Waals surface area contributed by atoms with Gasteiger partial charge in [-0.25, -0.2) is 0 Å². The van der Waals surface area contributed by atoms with E-state index in [9.17, 15) is 0 Å². The van der Waals surface area contributed by atoms with Crippen LogP contribution >= 0.6 is 0 Å².